The number of aromatic hydroxyl groups is 1. The van der Waals surface area contributed by atoms with Gasteiger partial charge in [-0.1, -0.05) is 6.92 Å². The first-order valence-electron chi connectivity index (χ1n) is 4.31. The number of hydrogen-bond donors (Lipinski definition) is 3. The fourth-order valence-corrected chi connectivity index (χ4v) is 1.65. The molecule has 0 atom stereocenters. The van der Waals surface area contributed by atoms with E-state index in [1.54, 1.807) is 12.1 Å². The highest BCUT2D eigenvalue weighted by molar-refractivity contribution is 5.89. The summed E-state index contributed by atoms with van der Waals surface area (Å²) in [5.74, 6) is 0.958. The highest BCUT2D eigenvalue weighted by atomic mass is 16.3. The molecule has 0 unspecified atom stereocenters. The van der Waals surface area contributed by atoms with Crippen LogP contribution in [-0.4, -0.2) is 10.1 Å². The highest BCUT2D eigenvalue weighted by Gasteiger charge is 2.06. The van der Waals surface area contributed by atoms with Crippen molar-refractivity contribution in [2.45, 2.75) is 13.3 Å². The number of nitrogens with one attached hydrogen (secondary N) is 1. The minimum Gasteiger partial charge on any atom is -0.508 e. The lowest BCUT2D eigenvalue weighted by molar-refractivity contribution is 0.476. The number of hydrogen-bond acceptors (Lipinski definition) is 2. The fraction of sp³-hybridized carbons (Fsp3) is 0.200. The number of fused-ring (bicyclic) bond motifs is 1. The van der Waals surface area contributed by atoms with Gasteiger partial charge >= 0.3 is 0 Å². The van der Waals surface area contributed by atoms with Gasteiger partial charge in [0.25, 0.3) is 0 Å². The van der Waals surface area contributed by atoms with Gasteiger partial charge in [0.05, 0.1) is 5.52 Å². The number of aromatic amines is 1. The predicted molar refractivity (Wildman–Crippen MR) is 53.8 cm³/mol. The van der Waals surface area contributed by atoms with Crippen molar-refractivity contribution in [3.05, 3.63) is 23.8 Å². The lowest BCUT2D eigenvalue weighted by Crippen LogP contribution is -1.88. The number of rotatable bonds is 1. The molecule has 4 N–H and O–H groups in total. The van der Waals surface area contributed by atoms with E-state index in [-0.39, 0.29) is 5.75 Å². The van der Waals surface area contributed by atoms with E-state index in [1.165, 1.54) is 0 Å². The van der Waals surface area contributed by atoms with Crippen molar-refractivity contribution < 1.29 is 5.11 Å². The molecule has 0 saturated heterocycles. The average Bonchev–Trinajstić information content (AvgIpc) is 2.39. The maximum absolute atomic E-state index is 9.24. The Morgan fingerprint density at radius 3 is 2.92 bits per heavy atom. The molecule has 2 aromatic rings. The topological polar surface area (TPSA) is 62.0 Å². The van der Waals surface area contributed by atoms with Crippen LogP contribution in [0.1, 0.15) is 12.5 Å². The molecule has 3 heteroatoms. The van der Waals surface area contributed by atoms with E-state index in [0.717, 1.165) is 22.9 Å². The molecule has 0 aliphatic heterocycles. The standard InChI is InChI=1S/C10H12N2O/c1-2-7-8-4-3-6(13)5-9(8)12-10(7)11/h3-5,12-13H,2,11H2,1H3. The Morgan fingerprint density at radius 2 is 2.23 bits per heavy atom. The van der Waals surface area contributed by atoms with E-state index >= 15 is 0 Å². The van der Waals surface area contributed by atoms with Crippen LogP contribution in [0, 0.1) is 0 Å². The molecule has 0 saturated carbocycles. The molecule has 0 spiro atoms. The number of phenols is 1. The Labute approximate surface area is 76.2 Å². The maximum Gasteiger partial charge on any atom is 0.117 e. The first kappa shape index (κ1) is 7.98. The molecule has 0 bridgehead atoms. The normalized spacial score (nSPS) is 10.8. The average molecular weight is 176 g/mol. The van der Waals surface area contributed by atoms with Crippen LogP contribution in [0.5, 0.6) is 5.75 Å². The smallest absolute Gasteiger partial charge is 0.117 e. The van der Waals surface area contributed by atoms with Crippen LogP contribution in [0.2, 0.25) is 0 Å². The van der Waals surface area contributed by atoms with Crippen LogP contribution in [-0.2, 0) is 6.42 Å². The van der Waals surface area contributed by atoms with Gasteiger partial charge in [-0.15, -0.1) is 0 Å². The van der Waals surface area contributed by atoms with E-state index in [4.69, 9.17) is 5.73 Å². The van der Waals surface area contributed by atoms with Crippen molar-refractivity contribution in [1.82, 2.24) is 4.98 Å². The van der Waals surface area contributed by atoms with Crippen LogP contribution in [0.4, 0.5) is 5.82 Å². The summed E-state index contributed by atoms with van der Waals surface area (Å²) in [5.41, 5.74) is 7.79. The number of aryl methyl sites for hydroxylation is 1. The number of benzene rings is 1. The maximum atomic E-state index is 9.24. The van der Waals surface area contributed by atoms with Gasteiger partial charge < -0.3 is 15.8 Å². The third kappa shape index (κ3) is 1.13. The summed E-state index contributed by atoms with van der Waals surface area (Å²) in [5, 5.41) is 10.3. The number of phenolic OH excluding ortho intramolecular Hbond substituents is 1. The number of nitrogen functional groups attached to an aromatic ring is 1. The van der Waals surface area contributed by atoms with E-state index in [9.17, 15) is 5.11 Å². The lowest BCUT2D eigenvalue weighted by Gasteiger charge is -1.94. The fourth-order valence-electron chi connectivity index (χ4n) is 1.65. The molecule has 0 amide bonds. The zero-order chi connectivity index (χ0) is 9.42. The van der Waals surface area contributed by atoms with Crippen LogP contribution < -0.4 is 5.73 Å². The lowest BCUT2D eigenvalue weighted by atomic mass is 10.1. The summed E-state index contributed by atoms with van der Waals surface area (Å²) in [6.07, 6.45) is 0.899. The SMILES string of the molecule is CCc1c(N)[nH]c2cc(O)ccc12. The van der Waals surface area contributed by atoms with E-state index < -0.39 is 0 Å². The third-order valence-electron chi connectivity index (χ3n) is 2.28. The number of anilines is 1. The van der Waals surface area contributed by atoms with Crippen molar-refractivity contribution in [2.24, 2.45) is 0 Å². The number of H-pyrrole nitrogens is 1. The molecule has 1 aromatic heterocycles. The Hall–Kier alpha value is -1.64. The molecule has 2 rings (SSSR count). The Morgan fingerprint density at radius 1 is 1.46 bits per heavy atom. The van der Waals surface area contributed by atoms with Crippen molar-refractivity contribution in [2.75, 3.05) is 5.73 Å². The van der Waals surface area contributed by atoms with Gasteiger partial charge in [0.15, 0.2) is 0 Å². The minimum absolute atomic E-state index is 0.261. The minimum atomic E-state index is 0.261. The van der Waals surface area contributed by atoms with Crippen LogP contribution in [0.25, 0.3) is 10.9 Å². The van der Waals surface area contributed by atoms with Gasteiger partial charge in [0, 0.05) is 17.0 Å². The highest BCUT2D eigenvalue weighted by Crippen LogP contribution is 2.27. The summed E-state index contributed by atoms with van der Waals surface area (Å²) >= 11 is 0. The van der Waals surface area contributed by atoms with Crippen molar-refractivity contribution in [3.8, 4) is 5.75 Å². The molecular formula is C10H12N2O. The van der Waals surface area contributed by atoms with E-state index in [0.29, 0.717) is 5.82 Å². The zero-order valence-electron chi connectivity index (χ0n) is 7.46. The largest absolute Gasteiger partial charge is 0.508 e. The Kier molecular flexibility index (Phi) is 1.65. The number of aromatic nitrogens is 1. The van der Waals surface area contributed by atoms with Crippen molar-refractivity contribution >= 4 is 16.7 Å². The van der Waals surface area contributed by atoms with Crippen LogP contribution in [0.3, 0.4) is 0 Å². The van der Waals surface area contributed by atoms with Gasteiger partial charge in [-0.25, -0.2) is 0 Å². The summed E-state index contributed by atoms with van der Waals surface area (Å²) in [6, 6.07) is 5.25. The summed E-state index contributed by atoms with van der Waals surface area (Å²) in [4.78, 5) is 3.04. The first-order valence-corrected chi connectivity index (χ1v) is 4.31. The molecule has 0 aliphatic rings. The molecule has 3 nitrogen and oxygen atoms in total. The van der Waals surface area contributed by atoms with Gasteiger partial charge in [0.1, 0.15) is 11.6 Å². The second-order valence-corrected chi connectivity index (χ2v) is 3.10. The van der Waals surface area contributed by atoms with E-state index in [2.05, 4.69) is 11.9 Å². The predicted octanol–water partition coefficient (Wildman–Crippen LogP) is 2.02. The summed E-state index contributed by atoms with van der Waals surface area (Å²) < 4.78 is 0. The number of nitrogens with two attached hydrogens (primary N) is 1. The molecule has 0 radical (unpaired) electrons. The van der Waals surface area contributed by atoms with Crippen molar-refractivity contribution in [3.63, 3.8) is 0 Å². The molecule has 68 valence electrons. The first-order chi connectivity index (χ1) is 6.22. The molecule has 13 heavy (non-hydrogen) atoms. The van der Waals surface area contributed by atoms with Crippen LogP contribution in [0.15, 0.2) is 18.2 Å². The van der Waals surface area contributed by atoms with Gasteiger partial charge in [-0.3, -0.25) is 0 Å². The van der Waals surface area contributed by atoms with Gasteiger partial charge in [-0.2, -0.15) is 0 Å². The Bertz CT molecular complexity index is 445. The molecule has 1 heterocycles. The zero-order valence-corrected chi connectivity index (χ0v) is 7.46. The Balaban J connectivity index is 2.79. The molecule has 1 aromatic carbocycles. The third-order valence-corrected chi connectivity index (χ3v) is 2.28. The second kappa shape index (κ2) is 2.69. The summed E-state index contributed by atoms with van der Waals surface area (Å²) in [7, 11) is 0. The summed E-state index contributed by atoms with van der Waals surface area (Å²) in [6.45, 7) is 2.06. The molecule has 0 aliphatic carbocycles. The molecular weight excluding hydrogens is 164 g/mol. The molecule has 0 fully saturated rings. The second-order valence-electron chi connectivity index (χ2n) is 3.10. The van der Waals surface area contributed by atoms with E-state index in [1.807, 2.05) is 6.07 Å². The van der Waals surface area contributed by atoms with Crippen LogP contribution >= 0.6 is 0 Å². The van der Waals surface area contributed by atoms with Gasteiger partial charge in [0.2, 0.25) is 0 Å². The van der Waals surface area contributed by atoms with Crippen molar-refractivity contribution in [1.29, 1.82) is 0 Å². The quantitative estimate of drug-likeness (QED) is 0.622. The monoisotopic (exact) mass is 176 g/mol. The van der Waals surface area contributed by atoms with Gasteiger partial charge in [-0.05, 0) is 18.6 Å².